The second-order valence-electron chi connectivity index (χ2n) is 3.47. The first-order valence-corrected chi connectivity index (χ1v) is 5.31. The Morgan fingerprint density at radius 3 is 2.47 bits per heavy atom. The molecule has 0 atom stereocenters. The third-order valence-corrected chi connectivity index (χ3v) is 1.93. The van der Waals surface area contributed by atoms with Crippen LogP contribution in [-0.4, -0.2) is 32.5 Å². The van der Waals surface area contributed by atoms with Crippen LogP contribution in [0.2, 0.25) is 0 Å². The zero-order valence-electron chi connectivity index (χ0n) is 9.71. The van der Waals surface area contributed by atoms with Gasteiger partial charge in [-0.2, -0.15) is 22.0 Å². The van der Waals surface area contributed by atoms with Gasteiger partial charge in [0.05, 0.1) is 12.3 Å². The van der Waals surface area contributed by atoms with Gasteiger partial charge in [-0.15, -0.1) is 0 Å². The Labute approximate surface area is 106 Å². The molecule has 0 aliphatic rings. The predicted molar refractivity (Wildman–Crippen MR) is 58.4 cm³/mol. The number of rotatable bonds is 7. The monoisotopic (exact) mass is 285 g/mol. The average molecular weight is 285 g/mol. The van der Waals surface area contributed by atoms with Crippen molar-refractivity contribution in [2.45, 2.75) is 12.8 Å². The number of nitrogens with one attached hydrogen (secondary N) is 1. The number of hydrogen-bond donors (Lipinski definition) is 1. The third kappa shape index (κ3) is 6.80. The smallest absolute Gasteiger partial charge is 0.411 e. The second-order valence-corrected chi connectivity index (χ2v) is 3.47. The minimum atomic E-state index is -4.38. The van der Waals surface area contributed by atoms with Crippen molar-refractivity contribution in [1.29, 1.82) is 0 Å². The van der Waals surface area contributed by atoms with Crippen LogP contribution in [0.25, 0.3) is 0 Å². The molecule has 1 rings (SSSR count). The van der Waals surface area contributed by atoms with Gasteiger partial charge < -0.3 is 14.8 Å². The predicted octanol–water partition coefficient (Wildman–Crippen LogP) is 3.28. The van der Waals surface area contributed by atoms with Crippen molar-refractivity contribution in [3.05, 3.63) is 24.3 Å². The largest absolute Gasteiger partial charge is 0.433 e. The van der Waals surface area contributed by atoms with Gasteiger partial charge in [-0.05, 0) is 12.1 Å². The summed E-state index contributed by atoms with van der Waals surface area (Å²) in [6, 6.07) is 5.88. The molecule has 1 aromatic rings. The lowest BCUT2D eigenvalue weighted by Gasteiger charge is -2.13. The number of alkyl halides is 5. The maximum atomic E-state index is 12.1. The van der Waals surface area contributed by atoms with Gasteiger partial charge in [-0.1, -0.05) is 12.1 Å². The Balaban J connectivity index is 2.36. The van der Waals surface area contributed by atoms with Gasteiger partial charge in [0.25, 0.3) is 0 Å². The Kier molecular flexibility index (Phi) is 5.81. The second kappa shape index (κ2) is 7.13. The molecular weight excluding hydrogens is 273 g/mol. The van der Waals surface area contributed by atoms with Crippen LogP contribution in [0.1, 0.15) is 0 Å². The standard InChI is InChI=1S/C11H12F5NO2/c12-10(13)19-9-4-2-1-3-8(9)17-5-6-18-7-11(14,15)16/h1-4,10,17H,5-7H2. The molecule has 0 unspecified atom stereocenters. The van der Waals surface area contributed by atoms with Crippen LogP contribution >= 0.6 is 0 Å². The highest BCUT2D eigenvalue weighted by atomic mass is 19.4. The summed E-state index contributed by atoms with van der Waals surface area (Å²) in [7, 11) is 0. The molecule has 1 N–H and O–H groups in total. The summed E-state index contributed by atoms with van der Waals surface area (Å²) in [6.45, 7) is -4.48. The molecule has 1 aromatic carbocycles. The number of anilines is 1. The van der Waals surface area contributed by atoms with E-state index in [9.17, 15) is 22.0 Å². The summed E-state index contributed by atoms with van der Waals surface area (Å²) in [5.41, 5.74) is 0.262. The first-order chi connectivity index (χ1) is 8.88. The average Bonchev–Trinajstić information content (AvgIpc) is 2.28. The minimum Gasteiger partial charge on any atom is -0.433 e. The SMILES string of the molecule is FC(F)Oc1ccccc1NCCOCC(F)(F)F. The first-order valence-electron chi connectivity index (χ1n) is 5.31. The number of benzene rings is 1. The van der Waals surface area contributed by atoms with Crippen LogP contribution in [0.4, 0.5) is 27.6 Å². The Bertz CT molecular complexity index is 384. The van der Waals surface area contributed by atoms with Crippen LogP contribution in [0, 0.1) is 0 Å². The van der Waals surface area contributed by atoms with Crippen LogP contribution in [0.3, 0.4) is 0 Å². The zero-order valence-corrected chi connectivity index (χ0v) is 9.71. The van der Waals surface area contributed by atoms with Crippen molar-refractivity contribution < 1.29 is 31.4 Å². The van der Waals surface area contributed by atoms with Gasteiger partial charge >= 0.3 is 12.8 Å². The van der Waals surface area contributed by atoms with E-state index in [2.05, 4.69) is 14.8 Å². The molecule has 0 saturated carbocycles. The highest BCUT2D eigenvalue weighted by Crippen LogP contribution is 2.25. The van der Waals surface area contributed by atoms with E-state index in [1.807, 2.05) is 0 Å². The number of hydrogen-bond acceptors (Lipinski definition) is 3. The Hall–Kier alpha value is -1.57. The van der Waals surface area contributed by atoms with Gasteiger partial charge in [-0.3, -0.25) is 0 Å². The fourth-order valence-electron chi connectivity index (χ4n) is 1.26. The zero-order chi connectivity index (χ0) is 14.3. The highest BCUT2D eigenvalue weighted by Gasteiger charge is 2.27. The molecule has 0 fully saturated rings. The summed E-state index contributed by atoms with van der Waals surface area (Å²) in [5, 5.41) is 2.65. The van der Waals surface area contributed by atoms with Crippen molar-refractivity contribution in [2.75, 3.05) is 25.1 Å². The molecule has 0 radical (unpaired) electrons. The van der Waals surface area contributed by atoms with Crippen molar-refractivity contribution in [3.8, 4) is 5.75 Å². The quantitative estimate of drug-likeness (QED) is 0.616. The van der Waals surface area contributed by atoms with Crippen LogP contribution in [-0.2, 0) is 4.74 Å². The van der Waals surface area contributed by atoms with Gasteiger partial charge in [0.2, 0.25) is 0 Å². The first kappa shape index (κ1) is 15.5. The summed E-state index contributed by atoms with van der Waals surface area (Å²) >= 11 is 0. The molecule has 0 bridgehead atoms. The maximum Gasteiger partial charge on any atom is 0.411 e. The number of halogens is 5. The fraction of sp³-hybridized carbons (Fsp3) is 0.455. The molecule has 0 amide bonds. The molecule has 108 valence electrons. The van der Waals surface area contributed by atoms with E-state index in [0.29, 0.717) is 0 Å². The summed E-state index contributed by atoms with van der Waals surface area (Å²) < 4.78 is 68.0. The third-order valence-electron chi connectivity index (χ3n) is 1.93. The van der Waals surface area contributed by atoms with Gasteiger partial charge in [0, 0.05) is 6.54 Å². The van der Waals surface area contributed by atoms with E-state index >= 15 is 0 Å². The van der Waals surface area contributed by atoms with Crippen molar-refractivity contribution in [2.24, 2.45) is 0 Å². The van der Waals surface area contributed by atoms with E-state index in [-0.39, 0.29) is 24.6 Å². The highest BCUT2D eigenvalue weighted by molar-refractivity contribution is 5.56. The maximum absolute atomic E-state index is 12.1. The number of ether oxygens (including phenoxy) is 2. The molecule has 0 heterocycles. The molecule has 0 aromatic heterocycles. The summed E-state index contributed by atoms with van der Waals surface area (Å²) in [5.74, 6) is -0.0756. The molecule has 0 spiro atoms. The Morgan fingerprint density at radius 1 is 1.16 bits per heavy atom. The van der Waals surface area contributed by atoms with Crippen LogP contribution in [0.15, 0.2) is 24.3 Å². The number of para-hydroxylation sites is 2. The van der Waals surface area contributed by atoms with Gasteiger partial charge in [0.15, 0.2) is 0 Å². The van der Waals surface area contributed by atoms with Crippen LogP contribution < -0.4 is 10.1 Å². The van der Waals surface area contributed by atoms with Gasteiger partial charge in [0.1, 0.15) is 12.4 Å². The molecule has 0 saturated heterocycles. The van der Waals surface area contributed by atoms with Gasteiger partial charge in [-0.25, -0.2) is 0 Å². The molecule has 19 heavy (non-hydrogen) atoms. The lowest BCUT2D eigenvalue weighted by molar-refractivity contribution is -0.172. The fourth-order valence-corrected chi connectivity index (χ4v) is 1.26. The molecule has 3 nitrogen and oxygen atoms in total. The molecule has 0 aliphatic carbocycles. The topological polar surface area (TPSA) is 30.5 Å². The van der Waals surface area contributed by atoms with E-state index in [1.54, 1.807) is 6.07 Å². The van der Waals surface area contributed by atoms with E-state index in [1.165, 1.54) is 18.2 Å². The van der Waals surface area contributed by atoms with E-state index in [4.69, 9.17) is 0 Å². The van der Waals surface area contributed by atoms with Crippen molar-refractivity contribution in [3.63, 3.8) is 0 Å². The lowest BCUT2D eigenvalue weighted by Crippen LogP contribution is -2.20. The molecule has 0 aliphatic heterocycles. The minimum absolute atomic E-state index is 0.0414. The van der Waals surface area contributed by atoms with Crippen molar-refractivity contribution >= 4 is 5.69 Å². The summed E-state index contributed by atoms with van der Waals surface area (Å²) in [4.78, 5) is 0. The molecule has 8 heteroatoms. The van der Waals surface area contributed by atoms with E-state index < -0.39 is 19.4 Å². The van der Waals surface area contributed by atoms with Crippen molar-refractivity contribution in [1.82, 2.24) is 0 Å². The van der Waals surface area contributed by atoms with E-state index in [0.717, 1.165) is 0 Å². The molecular formula is C11H12F5NO2. The van der Waals surface area contributed by atoms with Crippen LogP contribution in [0.5, 0.6) is 5.75 Å². The Morgan fingerprint density at radius 2 is 1.84 bits per heavy atom. The summed E-state index contributed by atoms with van der Waals surface area (Å²) in [6.07, 6.45) is -4.38. The normalized spacial score (nSPS) is 11.7. The lowest BCUT2D eigenvalue weighted by atomic mass is 10.3.